The molecular formula is C19H30FIN4. The van der Waals surface area contributed by atoms with Crippen LogP contribution in [0.3, 0.4) is 0 Å². The second-order valence-electron chi connectivity index (χ2n) is 7.06. The van der Waals surface area contributed by atoms with E-state index in [-0.39, 0.29) is 29.8 Å². The molecule has 1 aliphatic carbocycles. The molecule has 2 fully saturated rings. The van der Waals surface area contributed by atoms with Crippen LogP contribution >= 0.6 is 24.0 Å². The van der Waals surface area contributed by atoms with E-state index in [0.29, 0.717) is 5.92 Å². The highest BCUT2D eigenvalue weighted by atomic mass is 127. The molecule has 1 aromatic carbocycles. The molecule has 1 saturated heterocycles. The lowest BCUT2D eigenvalue weighted by Gasteiger charge is -2.23. The highest BCUT2D eigenvalue weighted by molar-refractivity contribution is 14.0. The van der Waals surface area contributed by atoms with E-state index in [9.17, 15) is 4.39 Å². The molecule has 25 heavy (non-hydrogen) atoms. The molecule has 2 aliphatic rings. The topological polar surface area (TPSA) is 30.9 Å². The van der Waals surface area contributed by atoms with Gasteiger partial charge in [-0.2, -0.15) is 0 Å². The summed E-state index contributed by atoms with van der Waals surface area (Å²) in [4.78, 5) is 9.60. The third kappa shape index (κ3) is 6.09. The quantitative estimate of drug-likeness (QED) is 0.402. The van der Waals surface area contributed by atoms with Crippen LogP contribution in [0.2, 0.25) is 0 Å². The smallest absolute Gasteiger partial charge is 0.193 e. The average molecular weight is 460 g/mol. The Balaban J connectivity index is 0.00000225. The molecule has 1 heterocycles. The Bertz CT molecular complexity index is 559. The summed E-state index contributed by atoms with van der Waals surface area (Å²) >= 11 is 0. The van der Waals surface area contributed by atoms with Gasteiger partial charge in [-0.3, -0.25) is 4.99 Å². The number of nitrogens with one attached hydrogen (secondary N) is 1. The Hall–Kier alpha value is -0.890. The van der Waals surface area contributed by atoms with Crippen LogP contribution in [0.1, 0.15) is 31.7 Å². The van der Waals surface area contributed by atoms with Gasteiger partial charge in [0.1, 0.15) is 5.82 Å². The minimum absolute atomic E-state index is 0. The average Bonchev–Trinajstić information content (AvgIpc) is 3.32. The van der Waals surface area contributed by atoms with Gasteiger partial charge in [0.25, 0.3) is 0 Å². The van der Waals surface area contributed by atoms with Crippen LogP contribution in [-0.4, -0.2) is 55.0 Å². The van der Waals surface area contributed by atoms with Crippen molar-refractivity contribution in [2.45, 2.75) is 38.8 Å². The highest BCUT2D eigenvalue weighted by Gasteiger charge is 2.34. The number of benzene rings is 1. The fourth-order valence-corrected chi connectivity index (χ4v) is 3.41. The summed E-state index contributed by atoms with van der Waals surface area (Å²) in [5.74, 6) is 1.42. The fraction of sp³-hybridized carbons (Fsp3) is 0.632. The first-order valence-electron chi connectivity index (χ1n) is 9.13. The van der Waals surface area contributed by atoms with Crippen molar-refractivity contribution in [2.75, 3.05) is 33.2 Å². The SMILES string of the molecule is CCNC(=NCC1CCN(C2CC2)C1)N(C)Cc1ccc(F)cc1.I. The van der Waals surface area contributed by atoms with Crippen molar-refractivity contribution in [3.8, 4) is 0 Å². The van der Waals surface area contributed by atoms with E-state index >= 15 is 0 Å². The molecule has 1 aliphatic heterocycles. The van der Waals surface area contributed by atoms with Gasteiger partial charge in [-0.1, -0.05) is 12.1 Å². The predicted octanol–water partition coefficient (Wildman–Crippen LogP) is 3.33. The van der Waals surface area contributed by atoms with E-state index < -0.39 is 0 Å². The number of hydrogen-bond donors (Lipinski definition) is 1. The number of aliphatic imine (C=N–C) groups is 1. The van der Waals surface area contributed by atoms with Gasteiger partial charge in [0.05, 0.1) is 0 Å². The molecule has 1 aromatic rings. The van der Waals surface area contributed by atoms with E-state index in [2.05, 4.69) is 22.0 Å². The minimum Gasteiger partial charge on any atom is -0.357 e. The van der Waals surface area contributed by atoms with Crippen molar-refractivity contribution in [1.29, 1.82) is 0 Å². The van der Waals surface area contributed by atoms with E-state index in [1.165, 1.54) is 44.5 Å². The van der Waals surface area contributed by atoms with Crippen molar-refractivity contribution in [2.24, 2.45) is 10.9 Å². The van der Waals surface area contributed by atoms with E-state index in [1.54, 1.807) is 0 Å². The zero-order valence-electron chi connectivity index (χ0n) is 15.2. The summed E-state index contributed by atoms with van der Waals surface area (Å²) in [6.45, 7) is 7.00. The lowest BCUT2D eigenvalue weighted by molar-refractivity contribution is 0.315. The van der Waals surface area contributed by atoms with Gasteiger partial charge in [0, 0.05) is 39.3 Å². The summed E-state index contributed by atoms with van der Waals surface area (Å²) in [6.07, 6.45) is 4.04. The Morgan fingerprint density at radius 1 is 1.28 bits per heavy atom. The molecule has 0 aromatic heterocycles. The first-order chi connectivity index (χ1) is 11.7. The largest absolute Gasteiger partial charge is 0.357 e. The Morgan fingerprint density at radius 2 is 2.00 bits per heavy atom. The molecule has 1 unspecified atom stereocenters. The van der Waals surface area contributed by atoms with E-state index in [0.717, 1.165) is 37.2 Å². The summed E-state index contributed by atoms with van der Waals surface area (Å²) in [6, 6.07) is 7.56. The maximum Gasteiger partial charge on any atom is 0.193 e. The summed E-state index contributed by atoms with van der Waals surface area (Å²) < 4.78 is 13.0. The molecule has 140 valence electrons. The van der Waals surface area contributed by atoms with Crippen LogP contribution in [-0.2, 0) is 6.54 Å². The number of hydrogen-bond acceptors (Lipinski definition) is 2. The number of guanidine groups is 1. The Labute approximate surface area is 167 Å². The van der Waals surface area contributed by atoms with Gasteiger partial charge < -0.3 is 15.1 Å². The molecule has 0 amide bonds. The maximum atomic E-state index is 13.0. The monoisotopic (exact) mass is 460 g/mol. The third-order valence-electron chi connectivity index (χ3n) is 4.91. The van der Waals surface area contributed by atoms with Crippen molar-refractivity contribution < 1.29 is 4.39 Å². The van der Waals surface area contributed by atoms with E-state index in [4.69, 9.17) is 4.99 Å². The molecule has 1 saturated carbocycles. The second kappa shape index (κ2) is 9.71. The maximum absolute atomic E-state index is 13.0. The summed E-state index contributed by atoms with van der Waals surface area (Å²) in [5.41, 5.74) is 1.09. The van der Waals surface area contributed by atoms with Gasteiger partial charge in [-0.05, 0) is 56.3 Å². The lowest BCUT2D eigenvalue weighted by atomic mass is 10.1. The molecule has 1 atom stereocenters. The van der Waals surface area contributed by atoms with Gasteiger partial charge >= 0.3 is 0 Å². The fourth-order valence-electron chi connectivity index (χ4n) is 3.41. The predicted molar refractivity (Wildman–Crippen MR) is 112 cm³/mol. The molecule has 1 N–H and O–H groups in total. The van der Waals surface area contributed by atoms with E-state index in [1.807, 2.05) is 19.2 Å². The van der Waals surface area contributed by atoms with Crippen LogP contribution in [0.4, 0.5) is 4.39 Å². The normalized spacial score (nSPS) is 21.1. The number of rotatable bonds is 6. The Morgan fingerprint density at radius 3 is 2.64 bits per heavy atom. The first kappa shape index (κ1) is 20.4. The zero-order valence-corrected chi connectivity index (χ0v) is 17.6. The second-order valence-corrected chi connectivity index (χ2v) is 7.06. The summed E-state index contributed by atoms with van der Waals surface area (Å²) in [5, 5.41) is 3.37. The first-order valence-corrected chi connectivity index (χ1v) is 9.13. The molecule has 0 spiro atoms. The van der Waals surface area contributed by atoms with Gasteiger partial charge in [-0.25, -0.2) is 4.39 Å². The van der Waals surface area contributed by atoms with Crippen LogP contribution in [0.15, 0.2) is 29.3 Å². The Kier molecular flexibility index (Phi) is 7.93. The van der Waals surface area contributed by atoms with Crippen LogP contribution in [0.25, 0.3) is 0 Å². The highest BCUT2D eigenvalue weighted by Crippen LogP contribution is 2.31. The molecule has 0 radical (unpaired) electrons. The zero-order chi connectivity index (χ0) is 16.9. The van der Waals surface area contributed by atoms with Gasteiger partial charge in [0.2, 0.25) is 0 Å². The number of halogens is 2. The van der Waals surface area contributed by atoms with Crippen LogP contribution in [0, 0.1) is 11.7 Å². The lowest BCUT2D eigenvalue weighted by Crippen LogP contribution is -2.39. The molecular weight excluding hydrogens is 430 g/mol. The van der Waals surface area contributed by atoms with Crippen LogP contribution < -0.4 is 5.32 Å². The van der Waals surface area contributed by atoms with Gasteiger partial charge in [0.15, 0.2) is 5.96 Å². The molecule has 0 bridgehead atoms. The van der Waals surface area contributed by atoms with Crippen LogP contribution in [0.5, 0.6) is 0 Å². The van der Waals surface area contributed by atoms with Crippen molar-refractivity contribution >= 4 is 29.9 Å². The number of nitrogens with zero attached hydrogens (tertiary/aromatic N) is 3. The minimum atomic E-state index is -0.191. The molecule has 3 rings (SSSR count). The van der Waals surface area contributed by atoms with Crippen molar-refractivity contribution in [3.05, 3.63) is 35.6 Å². The molecule has 6 heteroatoms. The standard InChI is InChI=1S/C19H29FN4.HI/c1-3-21-19(23(2)13-15-4-6-17(20)7-5-15)22-12-16-10-11-24(14-16)18-8-9-18;/h4-7,16,18H,3,8-14H2,1-2H3,(H,21,22);1H. The van der Waals surface area contributed by atoms with Crippen molar-refractivity contribution in [3.63, 3.8) is 0 Å². The molecule has 4 nitrogen and oxygen atoms in total. The number of likely N-dealkylation sites (tertiary alicyclic amines) is 1. The van der Waals surface area contributed by atoms with Gasteiger partial charge in [-0.15, -0.1) is 24.0 Å². The summed E-state index contributed by atoms with van der Waals surface area (Å²) in [7, 11) is 2.04. The van der Waals surface area contributed by atoms with Crippen molar-refractivity contribution in [1.82, 2.24) is 15.1 Å². The third-order valence-corrected chi connectivity index (χ3v) is 4.91.